The molecule has 0 saturated carbocycles. The molecular formula is C15H8Cl2F3N3. The van der Waals surface area contributed by atoms with Crippen molar-refractivity contribution in [2.24, 2.45) is 0 Å². The van der Waals surface area contributed by atoms with Gasteiger partial charge in [-0.3, -0.25) is 4.98 Å². The highest BCUT2D eigenvalue weighted by molar-refractivity contribution is 6.34. The molecule has 1 aromatic carbocycles. The molecule has 0 aliphatic rings. The third-order valence-corrected chi connectivity index (χ3v) is 3.77. The number of benzene rings is 1. The van der Waals surface area contributed by atoms with Gasteiger partial charge in [-0.2, -0.15) is 13.2 Å². The van der Waals surface area contributed by atoms with Crippen LogP contribution in [0.15, 0.2) is 42.9 Å². The lowest BCUT2D eigenvalue weighted by Gasteiger charge is -2.15. The second-order valence-corrected chi connectivity index (χ2v) is 5.46. The molecule has 0 atom stereocenters. The lowest BCUT2D eigenvalue weighted by Crippen LogP contribution is -2.09. The molecule has 8 heteroatoms. The largest absolute Gasteiger partial charge is 0.417 e. The van der Waals surface area contributed by atoms with Crippen molar-refractivity contribution in [1.29, 1.82) is 0 Å². The van der Waals surface area contributed by atoms with E-state index in [4.69, 9.17) is 23.2 Å². The summed E-state index contributed by atoms with van der Waals surface area (Å²) in [4.78, 5) is 10.5. The molecule has 3 aromatic rings. The topological polar surface area (TPSA) is 41.6 Å². The highest BCUT2D eigenvalue weighted by Crippen LogP contribution is 2.43. The average Bonchev–Trinajstić information content (AvgIpc) is 2.99. The number of aromatic nitrogens is 3. The zero-order valence-corrected chi connectivity index (χ0v) is 12.8. The number of H-pyrrole nitrogens is 1. The van der Waals surface area contributed by atoms with Crippen molar-refractivity contribution in [3.63, 3.8) is 0 Å². The maximum atomic E-state index is 13.5. The van der Waals surface area contributed by atoms with Gasteiger partial charge in [0.25, 0.3) is 0 Å². The lowest BCUT2D eigenvalue weighted by atomic mass is 10.0. The number of nitrogens with zero attached hydrogens (tertiary/aromatic N) is 2. The average molecular weight is 358 g/mol. The molecule has 0 fully saturated rings. The van der Waals surface area contributed by atoms with Crippen molar-refractivity contribution in [2.75, 3.05) is 0 Å². The Morgan fingerprint density at radius 2 is 1.78 bits per heavy atom. The Labute approximate surface area is 139 Å². The summed E-state index contributed by atoms with van der Waals surface area (Å²) >= 11 is 12.1. The number of nitrogens with one attached hydrogen (secondary N) is 1. The number of pyridine rings is 1. The molecule has 0 spiro atoms. The monoisotopic (exact) mass is 357 g/mol. The van der Waals surface area contributed by atoms with Gasteiger partial charge in [0.05, 0.1) is 21.3 Å². The molecule has 23 heavy (non-hydrogen) atoms. The van der Waals surface area contributed by atoms with Gasteiger partial charge >= 0.3 is 6.18 Å². The summed E-state index contributed by atoms with van der Waals surface area (Å²) in [6, 6.07) is 5.50. The maximum absolute atomic E-state index is 13.5. The van der Waals surface area contributed by atoms with Crippen molar-refractivity contribution in [2.45, 2.75) is 6.18 Å². The van der Waals surface area contributed by atoms with Gasteiger partial charge in [-0.15, -0.1) is 0 Å². The Bertz CT molecular complexity index is 846. The fourth-order valence-corrected chi connectivity index (χ4v) is 2.75. The molecule has 2 heterocycles. The van der Waals surface area contributed by atoms with Crippen LogP contribution < -0.4 is 0 Å². The summed E-state index contributed by atoms with van der Waals surface area (Å²) in [5, 5.41) is 0.147. The summed E-state index contributed by atoms with van der Waals surface area (Å²) in [6.07, 6.45) is -0.378. The normalized spacial score (nSPS) is 11.7. The Kier molecular flexibility index (Phi) is 4.04. The van der Waals surface area contributed by atoms with Crippen LogP contribution in [0, 0.1) is 0 Å². The van der Waals surface area contributed by atoms with E-state index in [0.29, 0.717) is 0 Å². The molecule has 3 nitrogen and oxygen atoms in total. The number of hydrogen-bond donors (Lipinski definition) is 1. The fraction of sp³-hybridized carbons (Fsp3) is 0.0667. The zero-order chi connectivity index (χ0) is 16.6. The Hall–Kier alpha value is -2.05. The first-order valence-corrected chi connectivity index (χ1v) is 7.15. The van der Waals surface area contributed by atoms with Crippen LogP contribution >= 0.6 is 23.2 Å². The van der Waals surface area contributed by atoms with Crippen molar-refractivity contribution in [1.82, 2.24) is 15.0 Å². The molecule has 1 N–H and O–H groups in total. The van der Waals surface area contributed by atoms with E-state index < -0.39 is 11.7 Å². The molecule has 0 amide bonds. The first-order chi connectivity index (χ1) is 10.9. The lowest BCUT2D eigenvalue weighted by molar-refractivity contribution is -0.137. The summed E-state index contributed by atoms with van der Waals surface area (Å²) in [5.41, 5.74) is -0.701. The number of hydrogen-bond acceptors (Lipinski definition) is 2. The molecule has 0 unspecified atom stereocenters. The van der Waals surface area contributed by atoms with Gasteiger partial charge in [0.15, 0.2) is 0 Å². The minimum Gasteiger partial charge on any atom is -0.345 e. The number of alkyl halides is 3. The molecule has 2 aromatic heterocycles. The summed E-state index contributed by atoms with van der Waals surface area (Å²) in [6.45, 7) is 0. The van der Waals surface area contributed by atoms with Crippen LogP contribution in [0.5, 0.6) is 0 Å². The third-order valence-electron chi connectivity index (χ3n) is 3.16. The molecule has 0 radical (unpaired) electrons. The standard InChI is InChI=1S/C15H8Cl2F3N3/c16-10-2-1-3-21-13(10)8-6-9(15(18,19)20)12(11(17)7-8)14-22-4-5-23-14/h1-7H,(H,22,23). The zero-order valence-electron chi connectivity index (χ0n) is 11.3. The van der Waals surface area contributed by atoms with Crippen molar-refractivity contribution in [3.05, 3.63) is 58.5 Å². The van der Waals surface area contributed by atoms with Gasteiger partial charge in [-0.05, 0) is 24.3 Å². The third kappa shape index (κ3) is 3.04. The van der Waals surface area contributed by atoms with Gasteiger partial charge < -0.3 is 4.98 Å². The van der Waals surface area contributed by atoms with Crippen LogP contribution in [0.3, 0.4) is 0 Å². The smallest absolute Gasteiger partial charge is 0.345 e. The number of aromatic amines is 1. The van der Waals surface area contributed by atoms with E-state index in [2.05, 4.69) is 15.0 Å². The van der Waals surface area contributed by atoms with Crippen molar-refractivity contribution < 1.29 is 13.2 Å². The van der Waals surface area contributed by atoms with E-state index in [1.54, 1.807) is 12.1 Å². The van der Waals surface area contributed by atoms with Gasteiger partial charge in [0.1, 0.15) is 5.82 Å². The summed E-state index contributed by atoms with van der Waals surface area (Å²) < 4.78 is 40.4. The minimum atomic E-state index is -4.61. The van der Waals surface area contributed by atoms with Crippen LogP contribution in [-0.4, -0.2) is 15.0 Å². The van der Waals surface area contributed by atoms with Gasteiger partial charge in [0.2, 0.25) is 0 Å². The van der Waals surface area contributed by atoms with Gasteiger partial charge in [0, 0.05) is 29.7 Å². The Morgan fingerprint density at radius 3 is 2.39 bits per heavy atom. The van der Waals surface area contributed by atoms with Crippen LogP contribution in [-0.2, 0) is 6.18 Å². The van der Waals surface area contributed by atoms with Crippen molar-refractivity contribution >= 4 is 23.2 Å². The highest BCUT2D eigenvalue weighted by atomic mass is 35.5. The molecule has 0 saturated heterocycles. The number of imidazole rings is 1. The SMILES string of the molecule is FC(F)(F)c1cc(-c2ncccc2Cl)cc(Cl)c1-c1ncc[nH]1. The maximum Gasteiger partial charge on any atom is 0.417 e. The van der Waals surface area contributed by atoms with Crippen molar-refractivity contribution in [3.8, 4) is 22.6 Å². The molecule has 0 aliphatic carbocycles. The van der Waals surface area contributed by atoms with Crippen LogP contribution in [0.25, 0.3) is 22.6 Å². The van der Waals surface area contributed by atoms with Crippen LogP contribution in [0.1, 0.15) is 5.56 Å². The van der Waals surface area contributed by atoms with E-state index in [1.165, 1.54) is 24.7 Å². The quantitative estimate of drug-likeness (QED) is 0.661. The Morgan fingerprint density at radius 1 is 1.00 bits per heavy atom. The van der Waals surface area contributed by atoms with E-state index in [0.717, 1.165) is 6.07 Å². The van der Waals surface area contributed by atoms with Gasteiger partial charge in [-0.1, -0.05) is 23.2 Å². The second kappa shape index (κ2) is 5.86. The number of halogens is 5. The predicted molar refractivity (Wildman–Crippen MR) is 82.3 cm³/mol. The van der Waals surface area contributed by atoms with Crippen LogP contribution in [0.2, 0.25) is 10.0 Å². The molecule has 118 valence electrons. The van der Waals surface area contributed by atoms with E-state index in [9.17, 15) is 13.2 Å². The van der Waals surface area contributed by atoms with E-state index in [1.807, 2.05) is 0 Å². The molecular weight excluding hydrogens is 350 g/mol. The molecule has 0 aliphatic heterocycles. The number of rotatable bonds is 2. The minimum absolute atomic E-state index is 0.0426. The molecule has 3 rings (SSSR count). The Balaban J connectivity index is 2.28. The molecule has 0 bridgehead atoms. The fourth-order valence-electron chi connectivity index (χ4n) is 2.21. The first-order valence-electron chi connectivity index (χ1n) is 6.39. The van der Waals surface area contributed by atoms with Gasteiger partial charge in [-0.25, -0.2) is 4.98 Å². The van der Waals surface area contributed by atoms with E-state index in [-0.39, 0.29) is 32.7 Å². The van der Waals surface area contributed by atoms with Crippen LogP contribution in [0.4, 0.5) is 13.2 Å². The summed E-state index contributed by atoms with van der Waals surface area (Å²) in [7, 11) is 0. The highest BCUT2D eigenvalue weighted by Gasteiger charge is 2.36. The second-order valence-electron chi connectivity index (χ2n) is 4.65. The first kappa shape index (κ1) is 15.8. The van der Waals surface area contributed by atoms with E-state index >= 15 is 0 Å². The summed E-state index contributed by atoms with van der Waals surface area (Å²) in [5.74, 6) is 0.0426. The predicted octanol–water partition coefficient (Wildman–Crippen LogP) is 5.46.